The SMILES string of the molecule is CN(CCN1CCOCC1)C(=O)COCC1CCCCO1. The Morgan fingerprint density at radius 2 is 2.10 bits per heavy atom. The van der Waals surface area contributed by atoms with Gasteiger partial charge in [0.1, 0.15) is 6.61 Å². The number of hydrogen-bond acceptors (Lipinski definition) is 5. The van der Waals surface area contributed by atoms with E-state index >= 15 is 0 Å². The van der Waals surface area contributed by atoms with E-state index in [1.165, 1.54) is 6.42 Å². The van der Waals surface area contributed by atoms with Crippen LogP contribution >= 0.6 is 0 Å². The zero-order chi connectivity index (χ0) is 14.9. The van der Waals surface area contributed by atoms with E-state index in [0.717, 1.165) is 58.8 Å². The van der Waals surface area contributed by atoms with Crippen LogP contribution in [0.15, 0.2) is 0 Å². The van der Waals surface area contributed by atoms with Crippen molar-refractivity contribution in [3.8, 4) is 0 Å². The van der Waals surface area contributed by atoms with E-state index in [2.05, 4.69) is 4.90 Å². The first kappa shape index (κ1) is 16.7. The van der Waals surface area contributed by atoms with Gasteiger partial charge in [-0.05, 0) is 19.3 Å². The van der Waals surface area contributed by atoms with Gasteiger partial charge in [-0.3, -0.25) is 9.69 Å². The van der Waals surface area contributed by atoms with Crippen molar-refractivity contribution in [2.75, 3.05) is 66.3 Å². The standard InChI is InChI=1S/C15H28N2O4/c1-16(5-6-17-7-10-19-11-8-17)15(18)13-20-12-14-4-2-3-9-21-14/h14H,2-13H2,1H3. The highest BCUT2D eigenvalue weighted by Gasteiger charge is 2.16. The molecule has 122 valence electrons. The summed E-state index contributed by atoms with van der Waals surface area (Å²) in [5, 5.41) is 0. The molecule has 0 aromatic heterocycles. The molecule has 0 radical (unpaired) electrons. The second-order valence-corrected chi connectivity index (χ2v) is 5.77. The van der Waals surface area contributed by atoms with Crippen molar-refractivity contribution in [1.29, 1.82) is 0 Å². The Bertz CT molecular complexity index is 302. The molecule has 0 spiro atoms. The van der Waals surface area contributed by atoms with E-state index in [4.69, 9.17) is 14.2 Å². The van der Waals surface area contributed by atoms with Crippen LogP contribution in [-0.2, 0) is 19.0 Å². The summed E-state index contributed by atoms with van der Waals surface area (Å²) in [7, 11) is 1.84. The van der Waals surface area contributed by atoms with Crippen LogP contribution in [0.4, 0.5) is 0 Å². The Kier molecular flexibility index (Phi) is 7.43. The predicted molar refractivity (Wildman–Crippen MR) is 79.3 cm³/mol. The predicted octanol–water partition coefficient (Wildman–Crippen LogP) is 0.363. The lowest BCUT2D eigenvalue weighted by atomic mass is 10.1. The molecular weight excluding hydrogens is 272 g/mol. The molecule has 2 aliphatic heterocycles. The van der Waals surface area contributed by atoms with Gasteiger partial charge in [-0.15, -0.1) is 0 Å². The summed E-state index contributed by atoms with van der Waals surface area (Å²) in [5.41, 5.74) is 0. The molecule has 6 heteroatoms. The maximum Gasteiger partial charge on any atom is 0.248 e. The second kappa shape index (κ2) is 9.35. The zero-order valence-electron chi connectivity index (χ0n) is 13.1. The number of rotatable bonds is 7. The quantitative estimate of drug-likeness (QED) is 0.680. The van der Waals surface area contributed by atoms with Gasteiger partial charge in [0.2, 0.25) is 5.91 Å². The third-order valence-electron chi connectivity index (χ3n) is 4.08. The summed E-state index contributed by atoms with van der Waals surface area (Å²) in [6.07, 6.45) is 3.55. The van der Waals surface area contributed by atoms with Gasteiger partial charge in [-0.1, -0.05) is 0 Å². The average Bonchev–Trinajstić information content (AvgIpc) is 2.54. The highest BCUT2D eigenvalue weighted by molar-refractivity contribution is 5.77. The Morgan fingerprint density at radius 3 is 2.81 bits per heavy atom. The first-order valence-electron chi connectivity index (χ1n) is 7.99. The molecule has 0 N–H and O–H groups in total. The lowest BCUT2D eigenvalue weighted by Gasteiger charge is -2.28. The van der Waals surface area contributed by atoms with Gasteiger partial charge in [0, 0.05) is 39.8 Å². The molecule has 1 unspecified atom stereocenters. The Balaban J connectivity index is 1.54. The van der Waals surface area contributed by atoms with Crippen LogP contribution < -0.4 is 0 Å². The topological polar surface area (TPSA) is 51.2 Å². The largest absolute Gasteiger partial charge is 0.379 e. The normalized spacial score (nSPS) is 24.0. The van der Waals surface area contributed by atoms with Crippen molar-refractivity contribution in [2.24, 2.45) is 0 Å². The lowest BCUT2D eigenvalue weighted by Crippen LogP contribution is -2.42. The van der Waals surface area contributed by atoms with E-state index in [-0.39, 0.29) is 18.6 Å². The van der Waals surface area contributed by atoms with Crippen molar-refractivity contribution in [2.45, 2.75) is 25.4 Å². The van der Waals surface area contributed by atoms with Crippen molar-refractivity contribution < 1.29 is 19.0 Å². The van der Waals surface area contributed by atoms with Gasteiger partial charge in [0.15, 0.2) is 0 Å². The Hall–Kier alpha value is -0.690. The molecule has 21 heavy (non-hydrogen) atoms. The molecule has 0 aromatic carbocycles. The van der Waals surface area contributed by atoms with Gasteiger partial charge in [0.25, 0.3) is 0 Å². The van der Waals surface area contributed by atoms with Gasteiger partial charge >= 0.3 is 0 Å². The molecule has 2 rings (SSSR count). The van der Waals surface area contributed by atoms with E-state index < -0.39 is 0 Å². The number of likely N-dealkylation sites (N-methyl/N-ethyl adjacent to an activating group) is 1. The highest BCUT2D eigenvalue weighted by Crippen LogP contribution is 2.12. The molecule has 0 bridgehead atoms. The Morgan fingerprint density at radius 1 is 1.29 bits per heavy atom. The minimum absolute atomic E-state index is 0.0408. The van der Waals surface area contributed by atoms with Crippen LogP contribution in [0.2, 0.25) is 0 Å². The van der Waals surface area contributed by atoms with Crippen LogP contribution in [0, 0.1) is 0 Å². The maximum absolute atomic E-state index is 12.0. The molecule has 2 aliphatic rings. The van der Waals surface area contributed by atoms with Crippen LogP contribution in [0.1, 0.15) is 19.3 Å². The van der Waals surface area contributed by atoms with Gasteiger partial charge in [-0.25, -0.2) is 0 Å². The van der Waals surface area contributed by atoms with Gasteiger partial charge < -0.3 is 19.1 Å². The molecule has 6 nitrogen and oxygen atoms in total. The number of hydrogen-bond donors (Lipinski definition) is 0. The average molecular weight is 300 g/mol. The first-order valence-corrected chi connectivity index (χ1v) is 7.99. The number of ether oxygens (including phenoxy) is 3. The van der Waals surface area contributed by atoms with E-state index in [1.54, 1.807) is 4.90 Å². The lowest BCUT2D eigenvalue weighted by molar-refractivity contribution is -0.137. The van der Waals surface area contributed by atoms with Crippen molar-refractivity contribution in [3.63, 3.8) is 0 Å². The molecule has 2 fully saturated rings. The fourth-order valence-electron chi connectivity index (χ4n) is 2.57. The number of amides is 1. The number of carbonyl (C=O) groups is 1. The minimum Gasteiger partial charge on any atom is -0.379 e. The molecule has 2 heterocycles. The smallest absolute Gasteiger partial charge is 0.248 e. The third kappa shape index (κ3) is 6.30. The van der Waals surface area contributed by atoms with Crippen LogP contribution in [0.3, 0.4) is 0 Å². The molecule has 1 amide bonds. The molecular formula is C15H28N2O4. The van der Waals surface area contributed by atoms with Crippen LogP contribution in [0.5, 0.6) is 0 Å². The zero-order valence-corrected chi connectivity index (χ0v) is 13.1. The van der Waals surface area contributed by atoms with Gasteiger partial charge in [-0.2, -0.15) is 0 Å². The molecule has 0 aliphatic carbocycles. The summed E-state index contributed by atoms with van der Waals surface area (Å²) in [5.74, 6) is 0.0408. The van der Waals surface area contributed by atoms with Gasteiger partial charge in [0.05, 0.1) is 25.9 Å². The minimum atomic E-state index is 0.0408. The van der Waals surface area contributed by atoms with Crippen LogP contribution in [0.25, 0.3) is 0 Å². The summed E-state index contributed by atoms with van der Waals surface area (Å²) >= 11 is 0. The number of nitrogens with zero attached hydrogens (tertiary/aromatic N) is 2. The fraction of sp³-hybridized carbons (Fsp3) is 0.933. The fourth-order valence-corrected chi connectivity index (χ4v) is 2.57. The van der Waals surface area contributed by atoms with E-state index in [1.807, 2.05) is 7.05 Å². The summed E-state index contributed by atoms with van der Waals surface area (Å²) < 4.78 is 16.4. The summed E-state index contributed by atoms with van der Waals surface area (Å²) in [4.78, 5) is 16.0. The first-order chi connectivity index (χ1) is 10.3. The van der Waals surface area contributed by atoms with E-state index in [9.17, 15) is 4.79 Å². The van der Waals surface area contributed by atoms with Crippen LogP contribution in [-0.4, -0.2) is 88.1 Å². The van der Waals surface area contributed by atoms with Crippen molar-refractivity contribution >= 4 is 5.91 Å². The number of morpholine rings is 1. The maximum atomic E-state index is 12.0. The molecule has 1 atom stereocenters. The second-order valence-electron chi connectivity index (χ2n) is 5.77. The van der Waals surface area contributed by atoms with Crippen molar-refractivity contribution in [3.05, 3.63) is 0 Å². The van der Waals surface area contributed by atoms with E-state index in [0.29, 0.717) is 6.61 Å². The van der Waals surface area contributed by atoms with Crippen molar-refractivity contribution in [1.82, 2.24) is 9.80 Å². The number of carbonyl (C=O) groups excluding carboxylic acids is 1. The Labute approximate surface area is 127 Å². The monoisotopic (exact) mass is 300 g/mol. The summed E-state index contributed by atoms with van der Waals surface area (Å²) in [6.45, 7) is 6.64. The third-order valence-corrected chi connectivity index (χ3v) is 4.08. The molecule has 2 saturated heterocycles. The summed E-state index contributed by atoms with van der Waals surface area (Å²) in [6, 6.07) is 0. The molecule has 0 saturated carbocycles. The molecule has 0 aromatic rings. The highest BCUT2D eigenvalue weighted by atomic mass is 16.5.